The van der Waals surface area contributed by atoms with Gasteiger partial charge in [-0.25, -0.2) is 9.78 Å². The Labute approximate surface area is 161 Å². The lowest BCUT2D eigenvalue weighted by molar-refractivity contribution is 0.0524. The van der Waals surface area contributed by atoms with E-state index in [1.54, 1.807) is 13.8 Å². The van der Waals surface area contributed by atoms with Crippen molar-refractivity contribution in [2.24, 2.45) is 0 Å². The van der Waals surface area contributed by atoms with E-state index in [2.05, 4.69) is 16.2 Å². The second kappa shape index (κ2) is 8.52. The highest BCUT2D eigenvalue weighted by atomic mass is 32.2. The average molecular weight is 379 g/mol. The van der Waals surface area contributed by atoms with Crippen LogP contribution in [0.1, 0.15) is 34.2 Å². The highest BCUT2D eigenvalue weighted by Crippen LogP contribution is 2.28. The fourth-order valence-electron chi connectivity index (χ4n) is 2.45. The van der Waals surface area contributed by atoms with E-state index in [-0.39, 0.29) is 6.61 Å². The molecule has 136 valence electrons. The molecule has 0 unspecified atom stereocenters. The third-order valence-electron chi connectivity index (χ3n) is 3.77. The van der Waals surface area contributed by atoms with Gasteiger partial charge in [-0.15, -0.1) is 0 Å². The summed E-state index contributed by atoms with van der Waals surface area (Å²) < 4.78 is 10.4. The number of aryl methyl sites for hydroxylation is 1. The van der Waals surface area contributed by atoms with Crippen LogP contribution < -0.4 is 0 Å². The minimum Gasteiger partial charge on any atom is -0.462 e. The molecule has 0 aliphatic rings. The zero-order chi connectivity index (χ0) is 19.2. The molecular weight excluding hydrogens is 362 g/mol. The lowest BCUT2D eigenvalue weighted by Crippen LogP contribution is -2.09. The van der Waals surface area contributed by atoms with Crippen molar-refractivity contribution in [2.75, 3.05) is 6.61 Å². The Bertz CT molecular complexity index is 993. The Balaban J connectivity index is 1.76. The smallest absolute Gasteiger partial charge is 0.340 e. The van der Waals surface area contributed by atoms with Gasteiger partial charge in [-0.3, -0.25) is 0 Å². The molecule has 0 amide bonds. The van der Waals surface area contributed by atoms with E-state index in [0.717, 1.165) is 11.3 Å². The van der Waals surface area contributed by atoms with Crippen molar-refractivity contribution in [3.63, 3.8) is 0 Å². The number of carbonyl (C=O) groups excluding carboxylic acids is 1. The van der Waals surface area contributed by atoms with Crippen LogP contribution in [0.3, 0.4) is 0 Å². The summed E-state index contributed by atoms with van der Waals surface area (Å²) in [7, 11) is 0. The molecule has 3 aromatic rings. The molecule has 0 fully saturated rings. The molecule has 0 bridgehead atoms. The van der Waals surface area contributed by atoms with Crippen LogP contribution in [0.25, 0.3) is 11.3 Å². The topological polar surface area (TPSA) is 89.0 Å². The maximum atomic E-state index is 12.0. The van der Waals surface area contributed by atoms with E-state index in [0.29, 0.717) is 33.4 Å². The second-order valence-corrected chi connectivity index (χ2v) is 6.61. The summed E-state index contributed by atoms with van der Waals surface area (Å²) in [5.74, 6) is 0.712. The first-order chi connectivity index (χ1) is 13.1. The van der Waals surface area contributed by atoms with Gasteiger partial charge in [0, 0.05) is 17.4 Å². The molecule has 3 rings (SSSR count). The normalized spacial score (nSPS) is 10.4. The van der Waals surface area contributed by atoms with Crippen LogP contribution in [-0.4, -0.2) is 22.7 Å². The SMILES string of the molecule is CCOC(=O)c1cc(C#N)c(SCc2cc(-c3ccccc3)on2)nc1C. The first-order valence-electron chi connectivity index (χ1n) is 8.35. The number of rotatable bonds is 6. The Kier molecular flexibility index (Phi) is 5.89. The largest absolute Gasteiger partial charge is 0.462 e. The van der Waals surface area contributed by atoms with Crippen LogP contribution in [0.5, 0.6) is 0 Å². The minimum atomic E-state index is -0.473. The molecule has 0 spiro atoms. The molecule has 7 heteroatoms. The molecular formula is C20H17N3O3S. The molecule has 0 aliphatic carbocycles. The lowest BCUT2D eigenvalue weighted by Gasteiger charge is -2.08. The van der Waals surface area contributed by atoms with Gasteiger partial charge in [0.15, 0.2) is 5.76 Å². The minimum absolute atomic E-state index is 0.270. The number of thioether (sulfide) groups is 1. The Morgan fingerprint density at radius 3 is 2.78 bits per heavy atom. The van der Waals surface area contributed by atoms with E-state index >= 15 is 0 Å². The standard InChI is InChI=1S/C20H17N3O3S/c1-3-25-20(24)17-9-15(11-21)19(22-13(17)2)27-12-16-10-18(26-23-16)14-7-5-4-6-8-14/h4-10H,3,12H2,1-2H3. The molecule has 0 saturated heterocycles. The van der Waals surface area contributed by atoms with Gasteiger partial charge < -0.3 is 9.26 Å². The number of benzene rings is 1. The zero-order valence-corrected chi connectivity index (χ0v) is 15.7. The van der Waals surface area contributed by atoms with Crippen molar-refractivity contribution < 1.29 is 14.1 Å². The van der Waals surface area contributed by atoms with Crippen molar-refractivity contribution in [1.82, 2.24) is 10.1 Å². The van der Waals surface area contributed by atoms with E-state index in [1.165, 1.54) is 17.8 Å². The number of hydrogen-bond donors (Lipinski definition) is 0. The Hall–Kier alpha value is -3.11. The summed E-state index contributed by atoms with van der Waals surface area (Å²) in [4.78, 5) is 16.4. The molecule has 2 heterocycles. The van der Waals surface area contributed by atoms with Crippen LogP contribution in [0, 0.1) is 18.3 Å². The van der Waals surface area contributed by atoms with Crippen molar-refractivity contribution in [3.8, 4) is 17.4 Å². The van der Waals surface area contributed by atoms with E-state index < -0.39 is 5.97 Å². The van der Waals surface area contributed by atoms with Gasteiger partial charge in [0.2, 0.25) is 0 Å². The number of carbonyl (C=O) groups is 1. The predicted molar refractivity (Wildman–Crippen MR) is 101 cm³/mol. The number of ether oxygens (including phenoxy) is 1. The van der Waals surface area contributed by atoms with Crippen molar-refractivity contribution in [3.05, 3.63) is 65.0 Å². The summed E-state index contributed by atoms with van der Waals surface area (Å²) in [5, 5.41) is 14.0. The van der Waals surface area contributed by atoms with E-state index in [1.807, 2.05) is 36.4 Å². The Morgan fingerprint density at radius 2 is 2.07 bits per heavy atom. The number of pyridine rings is 1. The van der Waals surface area contributed by atoms with Crippen molar-refractivity contribution >= 4 is 17.7 Å². The maximum absolute atomic E-state index is 12.0. The maximum Gasteiger partial charge on any atom is 0.340 e. The fourth-order valence-corrected chi connectivity index (χ4v) is 3.33. The number of hydrogen-bond acceptors (Lipinski definition) is 7. The number of esters is 1. The molecule has 1 aromatic carbocycles. The monoisotopic (exact) mass is 379 g/mol. The molecule has 0 atom stereocenters. The van der Waals surface area contributed by atoms with E-state index in [4.69, 9.17) is 9.26 Å². The third kappa shape index (κ3) is 4.36. The van der Waals surface area contributed by atoms with Crippen LogP contribution >= 0.6 is 11.8 Å². The highest BCUT2D eigenvalue weighted by molar-refractivity contribution is 7.98. The molecule has 0 N–H and O–H groups in total. The first kappa shape index (κ1) is 18.7. The molecule has 2 aromatic heterocycles. The lowest BCUT2D eigenvalue weighted by atomic mass is 10.1. The number of nitriles is 1. The van der Waals surface area contributed by atoms with Crippen molar-refractivity contribution in [1.29, 1.82) is 5.26 Å². The Morgan fingerprint density at radius 1 is 1.30 bits per heavy atom. The number of aromatic nitrogens is 2. The summed E-state index contributed by atoms with van der Waals surface area (Å²) in [6.45, 7) is 3.73. The molecule has 27 heavy (non-hydrogen) atoms. The summed E-state index contributed by atoms with van der Waals surface area (Å²) in [5.41, 5.74) is 2.87. The van der Waals surface area contributed by atoms with Gasteiger partial charge in [0.05, 0.1) is 29.1 Å². The summed E-state index contributed by atoms with van der Waals surface area (Å²) in [6.07, 6.45) is 0. The summed E-state index contributed by atoms with van der Waals surface area (Å²) in [6, 6.07) is 15.2. The first-order valence-corrected chi connectivity index (χ1v) is 9.33. The third-order valence-corrected chi connectivity index (χ3v) is 4.79. The van der Waals surface area contributed by atoms with Crippen LogP contribution in [0.2, 0.25) is 0 Å². The van der Waals surface area contributed by atoms with Gasteiger partial charge in [-0.05, 0) is 19.9 Å². The fraction of sp³-hybridized carbons (Fsp3) is 0.200. The van der Waals surface area contributed by atoms with Gasteiger partial charge >= 0.3 is 5.97 Å². The van der Waals surface area contributed by atoms with Crippen molar-refractivity contribution in [2.45, 2.75) is 24.6 Å². The quantitative estimate of drug-likeness (QED) is 0.463. The number of nitrogens with zero attached hydrogens (tertiary/aromatic N) is 3. The molecule has 0 aliphatic heterocycles. The van der Waals surface area contributed by atoms with Crippen LogP contribution in [0.15, 0.2) is 52.0 Å². The van der Waals surface area contributed by atoms with Gasteiger partial charge in [0.25, 0.3) is 0 Å². The second-order valence-electron chi connectivity index (χ2n) is 5.64. The van der Waals surface area contributed by atoms with Gasteiger partial charge in [-0.1, -0.05) is 47.3 Å². The summed E-state index contributed by atoms with van der Waals surface area (Å²) >= 11 is 1.37. The highest BCUT2D eigenvalue weighted by Gasteiger charge is 2.17. The molecule has 6 nitrogen and oxygen atoms in total. The van der Waals surface area contributed by atoms with Gasteiger partial charge in [-0.2, -0.15) is 5.26 Å². The molecule has 0 saturated carbocycles. The predicted octanol–water partition coefficient (Wildman–Crippen LogP) is 4.39. The average Bonchev–Trinajstić information content (AvgIpc) is 3.16. The molecule has 0 radical (unpaired) electrons. The van der Waals surface area contributed by atoms with E-state index in [9.17, 15) is 10.1 Å². The van der Waals surface area contributed by atoms with Crippen LogP contribution in [-0.2, 0) is 10.5 Å². The zero-order valence-electron chi connectivity index (χ0n) is 14.9. The van der Waals surface area contributed by atoms with Gasteiger partial charge in [0.1, 0.15) is 11.1 Å². The van der Waals surface area contributed by atoms with Crippen LogP contribution in [0.4, 0.5) is 0 Å².